The Bertz CT molecular complexity index is 1090. The number of aryl methyl sites for hydroxylation is 1. The smallest absolute Gasteiger partial charge is 0.230 e. The molecule has 2 aromatic heterocycles. The van der Waals surface area contributed by atoms with E-state index in [-0.39, 0.29) is 18.2 Å². The van der Waals surface area contributed by atoms with Crippen LogP contribution in [0.5, 0.6) is 0 Å². The Hall–Kier alpha value is -3.74. The van der Waals surface area contributed by atoms with E-state index in [1.807, 2.05) is 41.3 Å². The van der Waals surface area contributed by atoms with Gasteiger partial charge in [0.1, 0.15) is 11.6 Å². The summed E-state index contributed by atoms with van der Waals surface area (Å²) < 4.78 is 0. The van der Waals surface area contributed by atoms with E-state index in [0.717, 1.165) is 35.6 Å². The molecule has 2 amide bonds. The predicted molar refractivity (Wildman–Crippen MR) is 125 cm³/mol. The summed E-state index contributed by atoms with van der Waals surface area (Å²) in [5.41, 5.74) is 4.14. The third-order valence-corrected chi connectivity index (χ3v) is 5.61. The van der Waals surface area contributed by atoms with Crippen molar-refractivity contribution in [3.8, 4) is 11.1 Å². The highest BCUT2D eigenvalue weighted by molar-refractivity contribution is 5.91. The lowest BCUT2D eigenvalue weighted by molar-refractivity contribution is -0.129. The van der Waals surface area contributed by atoms with Crippen LogP contribution in [-0.2, 0) is 16.0 Å². The van der Waals surface area contributed by atoms with E-state index in [2.05, 4.69) is 39.2 Å². The summed E-state index contributed by atoms with van der Waals surface area (Å²) in [4.78, 5) is 36.8. The molecule has 7 heteroatoms. The van der Waals surface area contributed by atoms with Gasteiger partial charge in [0.05, 0.1) is 6.42 Å². The van der Waals surface area contributed by atoms with Gasteiger partial charge in [0.25, 0.3) is 0 Å². The molecule has 1 fully saturated rings. The van der Waals surface area contributed by atoms with Gasteiger partial charge >= 0.3 is 0 Å². The van der Waals surface area contributed by atoms with Crippen LogP contribution in [0.1, 0.15) is 18.1 Å². The van der Waals surface area contributed by atoms with Gasteiger partial charge in [-0.15, -0.1) is 0 Å². The first-order valence-electron chi connectivity index (χ1n) is 10.8. The lowest BCUT2D eigenvalue weighted by Crippen LogP contribution is -2.48. The normalized spacial score (nSPS) is 13.7. The van der Waals surface area contributed by atoms with Gasteiger partial charge in [0, 0.05) is 51.1 Å². The van der Waals surface area contributed by atoms with Gasteiger partial charge in [-0.2, -0.15) is 0 Å². The largest absolute Gasteiger partial charge is 0.353 e. The second-order valence-electron chi connectivity index (χ2n) is 8.04. The minimum atomic E-state index is -0.134. The van der Waals surface area contributed by atoms with Crippen LogP contribution in [-0.4, -0.2) is 52.9 Å². The first-order valence-corrected chi connectivity index (χ1v) is 10.8. The number of piperazine rings is 1. The summed E-state index contributed by atoms with van der Waals surface area (Å²) >= 11 is 0. The molecule has 0 saturated carbocycles. The Morgan fingerprint density at radius 2 is 1.75 bits per heavy atom. The summed E-state index contributed by atoms with van der Waals surface area (Å²) in [6, 6.07) is 15.9. The highest BCUT2D eigenvalue weighted by atomic mass is 16.2. The predicted octanol–water partition coefficient (Wildman–Crippen LogP) is 3.30. The lowest BCUT2D eigenvalue weighted by Gasteiger charge is -2.34. The van der Waals surface area contributed by atoms with Crippen molar-refractivity contribution in [3.63, 3.8) is 0 Å². The number of nitrogens with one attached hydrogen (secondary N) is 1. The number of hydrogen-bond acceptors (Lipinski definition) is 5. The van der Waals surface area contributed by atoms with E-state index in [0.29, 0.717) is 18.9 Å². The maximum Gasteiger partial charge on any atom is 0.230 e. The van der Waals surface area contributed by atoms with E-state index >= 15 is 0 Å². The van der Waals surface area contributed by atoms with Crippen molar-refractivity contribution in [2.24, 2.45) is 0 Å². The molecule has 164 valence electrons. The Morgan fingerprint density at radius 1 is 0.938 bits per heavy atom. The fourth-order valence-electron chi connectivity index (χ4n) is 3.79. The molecule has 3 heterocycles. The molecule has 1 saturated heterocycles. The molecule has 1 aliphatic heterocycles. The maximum atomic E-state index is 12.4. The van der Waals surface area contributed by atoms with Gasteiger partial charge < -0.3 is 15.1 Å². The van der Waals surface area contributed by atoms with Crippen molar-refractivity contribution in [2.75, 3.05) is 36.4 Å². The molecule has 0 spiro atoms. The Balaban J connectivity index is 1.31. The highest BCUT2D eigenvalue weighted by Gasteiger charge is 2.19. The van der Waals surface area contributed by atoms with Crippen molar-refractivity contribution in [1.82, 2.24) is 14.9 Å². The Kier molecular flexibility index (Phi) is 6.44. The van der Waals surface area contributed by atoms with Gasteiger partial charge in [0.15, 0.2) is 0 Å². The summed E-state index contributed by atoms with van der Waals surface area (Å²) in [5, 5.41) is 2.85. The summed E-state index contributed by atoms with van der Waals surface area (Å²) in [6.07, 6.45) is 3.74. The van der Waals surface area contributed by atoms with Gasteiger partial charge in [-0.25, -0.2) is 9.97 Å². The first-order chi connectivity index (χ1) is 15.5. The Labute approximate surface area is 188 Å². The monoisotopic (exact) mass is 429 g/mol. The minimum absolute atomic E-state index is 0.110. The SMILES string of the molecule is CC(=O)N1CCN(c2ccc(CC(=O)Nc3ccc(-c4cccc(C)c4)cn3)cn2)CC1. The molecule has 4 rings (SSSR count). The van der Waals surface area contributed by atoms with Crippen LogP contribution >= 0.6 is 0 Å². The lowest BCUT2D eigenvalue weighted by atomic mass is 10.1. The number of amides is 2. The van der Waals surface area contributed by atoms with Gasteiger partial charge in [-0.1, -0.05) is 35.9 Å². The van der Waals surface area contributed by atoms with Crippen LogP contribution in [0.15, 0.2) is 60.9 Å². The molecular weight excluding hydrogens is 402 g/mol. The minimum Gasteiger partial charge on any atom is -0.353 e. The number of rotatable bonds is 5. The van der Waals surface area contributed by atoms with Gasteiger partial charge in [-0.05, 0) is 36.2 Å². The molecule has 0 atom stereocenters. The number of anilines is 2. The van der Waals surface area contributed by atoms with Crippen molar-refractivity contribution in [2.45, 2.75) is 20.3 Å². The van der Waals surface area contributed by atoms with Crippen molar-refractivity contribution in [1.29, 1.82) is 0 Å². The second-order valence-corrected chi connectivity index (χ2v) is 8.04. The van der Waals surface area contributed by atoms with Gasteiger partial charge in [-0.3, -0.25) is 9.59 Å². The van der Waals surface area contributed by atoms with E-state index in [4.69, 9.17) is 0 Å². The molecule has 0 bridgehead atoms. The molecular formula is C25H27N5O2. The van der Waals surface area contributed by atoms with Crippen LogP contribution in [0.4, 0.5) is 11.6 Å². The third kappa shape index (κ3) is 5.29. The zero-order valence-corrected chi connectivity index (χ0v) is 18.4. The average Bonchev–Trinajstić information content (AvgIpc) is 2.80. The number of benzene rings is 1. The number of nitrogens with zero attached hydrogens (tertiary/aromatic N) is 4. The average molecular weight is 430 g/mol. The van der Waals surface area contributed by atoms with Crippen molar-refractivity contribution < 1.29 is 9.59 Å². The summed E-state index contributed by atoms with van der Waals surface area (Å²) in [7, 11) is 0. The molecule has 0 radical (unpaired) electrons. The van der Waals surface area contributed by atoms with Crippen molar-refractivity contribution >= 4 is 23.5 Å². The number of aromatic nitrogens is 2. The molecule has 1 N–H and O–H groups in total. The summed E-state index contributed by atoms with van der Waals surface area (Å²) in [6.45, 7) is 6.59. The highest BCUT2D eigenvalue weighted by Crippen LogP contribution is 2.21. The quantitative estimate of drug-likeness (QED) is 0.673. The number of pyridine rings is 2. The fraction of sp³-hybridized carbons (Fsp3) is 0.280. The zero-order chi connectivity index (χ0) is 22.5. The van der Waals surface area contributed by atoms with Crippen LogP contribution in [0, 0.1) is 6.92 Å². The topological polar surface area (TPSA) is 78.4 Å². The van der Waals surface area contributed by atoms with Crippen LogP contribution < -0.4 is 10.2 Å². The number of carbonyl (C=O) groups is 2. The number of hydrogen-bond donors (Lipinski definition) is 1. The standard InChI is InChI=1S/C25H27N5O2/c1-18-4-3-5-21(14-18)22-7-8-23(26-17-22)28-25(32)15-20-6-9-24(27-16-20)30-12-10-29(11-13-30)19(2)31/h3-9,14,16-17H,10-13,15H2,1-2H3,(H,26,28,32). The van der Waals surface area contributed by atoms with E-state index in [1.165, 1.54) is 5.56 Å². The first kappa shape index (κ1) is 21.5. The van der Waals surface area contributed by atoms with Gasteiger partial charge in [0.2, 0.25) is 11.8 Å². The molecule has 0 aliphatic carbocycles. The third-order valence-electron chi connectivity index (χ3n) is 5.61. The number of carbonyl (C=O) groups excluding carboxylic acids is 2. The fourth-order valence-corrected chi connectivity index (χ4v) is 3.79. The molecule has 0 unspecified atom stereocenters. The molecule has 1 aliphatic rings. The van der Waals surface area contributed by atoms with Crippen LogP contribution in [0.25, 0.3) is 11.1 Å². The van der Waals surface area contributed by atoms with Crippen LogP contribution in [0.2, 0.25) is 0 Å². The molecule has 32 heavy (non-hydrogen) atoms. The summed E-state index contributed by atoms with van der Waals surface area (Å²) in [5.74, 6) is 1.37. The Morgan fingerprint density at radius 3 is 2.38 bits per heavy atom. The van der Waals surface area contributed by atoms with Crippen LogP contribution in [0.3, 0.4) is 0 Å². The van der Waals surface area contributed by atoms with E-state index in [1.54, 1.807) is 19.3 Å². The van der Waals surface area contributed by atoms with E-state index in [9.17, 15) is 9.59 Å². The van der Waals surface area contributed by atoms with Crippen molar-refractivity contribution in [3.05, 3.63) is 72.1 Å². The van der Waals surface area contributed by atoms with E-state index < -0.39 is 0 Å². The second kappa shape index (κ2) is 9.60. The zero-order valence-electron chi connectivity index (χ0n) is 18.4. The molecule has 7 nitrogen and oxygen atoms in total. The maximum absolute atomic E-state index is 12.4. The molecule has 1 aromatic carbocycles. The molecule has 3 aromatic rings.